The first-order valence-corrected chi connectivity index (χ1v) is 10.9. The number of aryl methyl sites for hydroxylation is 2. The molecule has 3 heterocycles. The van der Waals surface area contributed by atoms with Crippen LogP contribution in [0.3, 0.4) is 0 Å². The van der Waals surface area contributed by atoms with Crippen molar-refractivity contribution in [2.75, 3.05) is 39.9 Å². The summed E-state index contributed by atoms with van der Waals surface area (Å²) in [6.07, 6.45) is 2.19. The van der Waals surface area contributed by atoms with Crippen LogP contribution in [0, 0.1) is 18.3 Å². The molecule has 0 spiro atoms. The number of benzene rings is 1. The first kappa shape index (κ1) is 19.6. The van der Waals surface area contributed by atoms with Gasteiger partial charge in [-0.25, -0.2) is 4.98 Å². The Hall–Kier alpha value is -1.76. The molecule has 0 N–H and O–H groups in total. The number of rotatable bonds is 7. The Balaban J connectivity index is 1.48. The van der Waals surface area contributed by atoms with E-state index in [1.54, 1.807) is 18.4 Å². The molecule has 1 aromatic heterocycles. The van der Waals surface area contributed by atoms with E-state index in [0.717, 1.165) is 51.3 Å². The molecule has 4 rings (SSSR count). The molecule has 2 aliphatic heterocycles. The van der Waals surface area contributed by atoms with Crippen LogP contribution in [-0.4, -0.2) is 60.6 Å². The minimum Gasteiger partial charge on any atom is -0.375 e. The van der Waals surface area contributed by atoms with Gasteiger partial charge >= 0.3 is 0 Å². The van der Waals surface area contributed by atoms with Crippen LogP contribution in [0.1, 0.15) is 22.6 Å². The summed E-state index contributed by atoms with van der Waals surface area (Å²) in [6, 6.07) is 10.7. The van der Waals surface area contributed by atoms with Gasteiger partial charge in [0, 0.05) is 50.1 Å². The van der Waals surface area contributed by atoms with Crippen molar-refractivity contribution in [2.45, 2.75) is 26.3 Å². The maximum atomic E-state index is 12.5. The summed E-state index contributed by atoms with van der Waals surface area (Å²) in [5, 5.41) is 0. The van der Waals surface area contributed by atoms with E-state index in [4.69, 9.17) is 4.74 Å². The van der Waals surface area contributed by atoms with Gasteiger partial charge < -0.3 is 9.64 Å². The molecule has 0 saturated carbocycles. The van der Waals surface area contributed by atoms with E-state index in [1.807, 2.05) is 10.4 Å². The molecule has 2 atom stereocenters. The lowest BCUT2D eigenvalue weighted by atomic mass is 9.76. The second-order valence-corrected chi connectivity index (χ2v) is 9.22. The predicted octanol–water partition coefficient (Wildman–Crippen LogP) is 2.99. The van der Waals surface area contributed by atoms with Crippen molar-refractivity contribution in [3.8, 4) is 0 Å². The Morgan fingerprint density at radius 1 is 1.29 bits per heavy atom. The molecule has 1 amide bonds. The monoisotopic (exact) mass is 399 g/mol. The zero-order valence-electron chi connectivity index (χ0n) is 16.8. The zero-order chi connectivity index (χ0) is 19.6. The topological polar surface area (TPSA) is 45.7 Å². The zero-order valence-corrected chi connectivity index (χ0v) is 17.6. The maximum absolute atomic E-state index is 12.5. The summed E-state index contributed by atoms with van der Waals surface area (Å²) in [6.45, 7) is 7.08. The first-order chi connectivity index (χ1) is 13.6. The maximum Gasteiger partial charge on any atom is 0.248 e. The summed E-state index contributed by atoms with van der Waals surface area (Å²) >= 11 is 1.75. The third kappa shape index (κ3) is 4.00. The molecule has 2 saturated heterocycles. The highest BCUT2D eigenvalue weighted by atomic mass is 32.1. The molecule has 2 fully saturated rings. The first-order valence-electron chi connectivity index (χ1n) is 10.0. The van der Waals surface area contributed by atoms with Crippen molar-refractivity contribution in [3.05, 3.63) is 52.0 Å². The number of carbonyl (C=O) groups excluding carboxylic acids is 1. The van der Waals surface area contributed by atoms with Gasteiger partial charge in [-0.05, 0) is 31.2 Å². The normalized spacial score (nSPS) is 24.6. The van der Waals surface area contributed by atoms with E-state index in [9.17, 15) is 4.79 Å². The smallest absolute Gasteiger partial charge is 0.248 e. The van der Waals surface area contributed by atoms with E-state index in [0.29, 0.717) is 5.92 Å². The van der Waals surface area contributed by atoms with Crippen molar-refractivity contribution < 1.29 is 9.53 Å². The quantitative estimate of drug-likeness (QED) is 0.718. The fourth-order valence-corrected chi connectivity index (χ4v) is 5.71. The van der Waals surface area contributed by atoms with Gasteiger partial charge in [0.1, 0.15) is 6.61 Å². The lowest BCUT2D eigenvalue weighted by Crippen LogP contribution is -2.38. The number of carbonyl (C=O) groups is 1. The van der Waals surface area contributed by atoms with Crippen molar-refractivity contribution >= 4 is 17.2 Å². The van der Waals surface area contributed by atoms with Crippen LogP contribution in [0.4, 0.5) is 0 Å². The van der Waals surface area contributed by atoms with E-state index >= 15 is 0 Å². The fourth-order valence-electron chi connectivity index (χ4n) is 4.89. The van der Waals surface area contributed by atoms with Crippen LogP contribution in [0.5, 0.6) is 0 Å². The largest absolute Gasteiger partial charge is 0.375 e. The van der Waals surface area contributed by atoms with Crippen molar-refractivity contribution in [3.63, 3.8) is 0 Å². The Bertz CT molecular complexity index is 809. The van der Waals surface area contributed by atoms with Gasteiger partial charge in [0.05, 0.1) is 11.2 Å². The number of thiazole rings is 1. The fraction of sp³-hybridized carbons (Fsp3) is 0.545. The van der Waals surface area contributed by atoms with Gasteiger partial charge in [-0.2, -0.15) is 0 Å². The third-order valence-corrected chi connectivity index (χ3v) is 7.34. The number of nitrogens with zero attached hydrogens (tertiary/aromatic N) is 3. The van der Waals surface area contributed by atoms with Crippen LogP contribution in [0.2, 0.25) is 0 Å². The lowest BCUT2D eigenvalue weighted by Gasteiger charge is -2.29. The number of ether oxygens (including phenoxy) is 1. The highest BCUT2D eigenvalue weighted by molar-refractivity contribution is 7.09. The second-order valence-electron chi connectivity index (χ2n) is 8.28. The van der Waals surface area contributed by atoms with Crippen LogP contribution < -0.4 is 0 Å². The Morgan fingerprint density at radius 3 is 2.82 bits per heavy atom. The summed E-state index contributed by atoms with van der Waals surface area (Å²) in [5.74, 6) is 0.658. The number of hydrogen-bond acceptors (Lipinski definition) is 5. The molecule has 0 radical (unpaired) electrons. The molecule has 28 heavy (non-hydrogen) atoms. The van der Waals surface area contributed by atoms with Gasteiger partial charge in [-0.1, -0.05) is 30.3 Å². The van der Waals surface area contributed by atoms with Crippen LogP contribution in [0.15, 0.2) is 35.8 Å². The van der Waals surface area contributed by atoms with Crippen molar-refractivity contribution in [2.24, 2.45) is 11.3 Å². The SMILES string of the molecule is COCC(=O)N1CC2CN(Cc3scnc3C)CC2(CCc2ccccc2)C1. The molecule has 5 nitrogen and oxygen atoms in total. The summed E-state index contributed by atoms with van der Waals surface area (Å²) in [5.41, 5.74) is 4.65. The Labute approximate surface area is 171 Å². The Kier molecular flexibility index (Phi) is 5.80. The molecule has 0 aliphatic carbocycles. The molecule has 6 heteroatoms. The lowest BCUT2D eigenvalue weighted by molar-refractivity contribution is -0.134. The third-order valence-electron chi connectivity index (χ3n) is 6.42. The minimum atomic E-state index is 0.126. The van der Waals surface area contributed by atoms with Crippen LogP contribution >= 0.6 is 11.3 Å². The molecule has 2 unspecified atom stereocenters. The summed E-state index contributed by atoms with van der Waals surface area (Å²) < 4.78 is 5.10. The van der Waals surface area contributed by atoms with E-state index < -0.39 is 0 Å². The molecular formula is C22H29N3O2S. The van der Waals surface area contributed by atoms with Gasteiger partial charge in [0.15, 0.2) is 0 Å². The van der Waals surface area contributed by atoms with Crippen LogP contribution in [0.25, 0.3) is 0 Å². The summed E-state index contributed by atoms with van der Waals surface area (Å²) in [4.78, 5) is 22.8. The molecule has 150 valence electrons. The molecule has 2 aliphatic rings. The van der Waals surface area contributed by atoms with E-state index in [2.05, 4.69) is 47.1 Å². The van der Waals surface area contributed by atoms with E-state index in [1.165, 1.54) is 10.4 Å². The van der Waals surface area contributed by atoms with Crippen LogP contribution in [-0.2, 0) is 22.5 Å². The molecule has 0 bridgehead atoms. The number of likely N-dealkylation sites (tertiary alicyclic amines) is 2. The molecule has 2 aromatic rings. The van der Waals surface area contributed by atoms with Gasteiger partial charge in [-0.15, -0.1) is 11.3 Å². The standard InChI is InChI=1S/C22H29N3O2S/c1-17-20(28-16-23-17)12-24-10-19-11-25(21(26)13-27-2)15-22(19,14-24)9-8-18-6-4-3-5-7-18/h3-7,16,19H,8-15H2,1-2H3. The van der Waals surface area contributed by atoms with Gasteiger partial charge in [-0.3, -0.25) is 9.69 Å². The van der Waals surface area contributed by atoms with Gasteiger partial charge in [0.25, 0.3) is 0 Å². The van der Waals surface area contributed by atoms with Crippen molar-refractivity contribution in [1.82, 2.24) is 14.8 Å². The Morgan fingerprint density at radius 2 is 2.11 bits per heavy atom. The molecule has 1 aromatic carbocycles. The van der Waals surface area contributed by atoms with Crippen molar-refractivity contribution in [1.29, 1.82) is 0 Å². The summed E-state index contributed by atoms with van der Waals surface area (Å²) in [7, 11) is 1.60. The minimum absolute atomic E-state index is 0.126. The average molecular weight is 400 g/mol. The highest BCUT2D eigenvalue weighted by Crippen LogP contribution is 2.46. The number of hydrogen-bond donors (Lipinski definition) is 0. The highest BCUT2D eigenvalue weighted by Gasteiger charge is 2.52. The number of amides is 1. The van der Waals surface area contributed by atoms with Gasteiger partial charge in [0.2, 0.25) is 5.91 Å². The number of aromatic nitrogens is 1. The number of fused-ring (bicyclic) bond motifs is 1. The van der Waals surface area contributed by atoms with E-state index in [-0.39, 0.29) is 17.9 Å². The predicted molar refractivity (Wildman–Crippen MR) is 111 cm³/mol. The molecular weight excluding hydrogens is 370 g/mol. The number of methoxy groups -OCH3 is 1. The average Bonchev–Trinajstić information content (AvgIpc) is 3.34. The second kappa shape index (κ2) is 8.31.